The number of rotatable bonds is 2. The van der Waals surface area contributed by atoms with Gasteiger partial charge in [-0.15, -0.1) is 0 Å². The van der Waals surface area contributed by atoms with Gasteiger partial charge in [0.15, 0.2) is 0 Å². The highest BCUT2D eigenvalue weighted by molar-refractivity contribution is 6.49. The molecule has 0 spiro atoms. The Bertz CT molecular complexity index is 546. The van der Waals surface area contributed by atoms with Crippen LogP contribution in [0, 0.1) is 11.3 Å². The monoisotopic (exact) mass is 270 g/mol. The zero-order chi connectivity index (χ0) is 14.5. The van der Waals surface area contributed by atoms with E-state index in [0.29, 0.717) is 17.3 Å². The minimum absolute atomic E-state index is 0.151. The molecule has 1 aliphatic carbocycles. The fraction of sp³-hybridized carbons (Fsp3) is 0.600. The molecule has 2 unspecified atom stereocenters. The zero-order valence-corrected chi connectivity index (χ0v) is 12.4. The van der Waals surface area contributed by atoms with Crippen molar-refractivity contribution in [3.8, 4) is 6.07 Å². The summed E-state index contributed by atoms with van der Waals surface area (Å²) >= 11 is 0. The molecule has 2 aliphatic rings. The molecule has 1 saturated carbocycles. The fourth-order valence-electron chi connectivity index (χ4n) is 2.61. The van der Waals surface area contributed by atoms with Gasteiger partial charge in [-0.3, -0.25) is 4.98 Å². The molecule has 2 fully saturated rings. The first-order valence-corrected chi connectivity index (χ1v) is 7.06. The molecule has 0 N–H and O–H groups in total. The summed E-state index contributed by atoms with van der Waals surface area (Å²) in [5, 5.41) is 8.79. The van der Waals surface area contributed by atoms with Crippen molar-refractivity contribution in [3.63, 3.8) is 0 Å². The number of nitriles is 1. The number of nitrogens with zero attached hydrogens (tertiary/aromatic N) is 2. The molecule has 1 aliphatic heterocycles. The van der Waals surface area contributed by atoms with Crippen molar-refractivity contribution in [2.24, 2.45) is 0 Å². The Balaban J connectivity index is 1.69. The molecule has 0 amide bonds. The lowest BCUT2D eigenvalue weighted by Gasteiger charge is -2.32. The van der Waals surface area contributed by atoms with E-state index in [2.05, 4.69) is 38.7 Å². The number of hydrogen-bond acceptors (Lipinski definition) is 4. The van der Waals surface area contributed by atoms with Crippen molar-refractivity contribution in [1.82, 2.24) is 4.98 Å². The molecule has 0 radical (unpaired) electrons. The standard InChI is InChI=1S/C15H19BN2O2/c1-14(2)15(3,4)20-16(19-14)12-7-11(12)13-6-5-10(8-17)9-18-13/h5-6,9,11-12H,7H2,1-4H3. The Kier molecular flexibility index (Phi) is 2.93. The predicted octanol–water partition coefficient (Wildman–Crippen LogP) is 2.90. The third-order valence-corrected chi connectivity index (χ3v) is 4.76. The van der Waals surface area contributed by atoms with Crippen LogP contribution in [0.15, 0.2) is 18.3 Å². The lowest BCUT2D eigenvalue weighted by Crippen LogP contribution is -2.41. The van der Waals surface area contributed by atoms with Gasteiger partial charge in [-0.05, 0) is 46.2 Å². The molecule has 2 heterocycles. The fourth-order valence-corrected chi connectivity index (χ4v) is 2.61. The molecular formula is C15H19BN2O2. The lowest BCUT2D eigenvalue weighted by atomic mass is 9.80. The van der Waals surface area contributed by atoms with Gasteiger partial charge >= 0.3 is 7.12 Å². The third kappa shape index (κ3) is 2.13. The minimum atomic E-state index is -0.275. The molecular weight excluding hydrogens is 251 g/mol. The second-order valence-corrected chi connectivity index (χ2v) is 6.71. The van der Waals surface area contributed by atoms with E-state index in [1.807, 2.05) is 12.1 Å². The Hall–Kier alpha value is -1.38. The molecule has 5 heteroatoms. The maximum absolute atomic E-state index is 8.79. The average molecular weight is 270 g/mol. The molecule has 2 atom stereocenters. The molecule has 4 nitrogen and oxygen atoms in total. The highest BCUT2D eigenvalue weighted by Gasteiger charge is 2.60. The van der Waals surface area contributed by atoms with E-state index >= 15 is 0 Å². The Labute approximate surface area is 120 Å². The van der Waals surface area contributed by atoms with Gasteiger partial charge in [0.2, 0.25) is 0 Å². The van der Waals surface area contributed by atoms with Crippen molar-refractivity contribution in [3.05, 3.63) is 29.6 Å². The zero-order valence-electron chi connectivity index (χ0n) is 12.4. The summed E-state index contributed by atoms with van der Waals surface area (Å²) in [7, 11) is -0.151. The second-order valence-electron chi connectivity index (χ2n) is 6.71. The first-order valence-electron chi connectivity index (χ1n) is 7.06. The number of pyridine rings is 1. The van der Waals surface area contributed by atoms with Crippen LogP contribution in [0.2, 0.25) is 5.82 Å². The van der Waals surface area contributed by atoms with Gasteiger partial charge in [-0.25, -0.2) is 0 Å². The summed E-state index contributed by atoms with van der Waals surface area (Å²) in [6.07, 6.45) is 2.67. The van der Waals surface area contributed by atoms with E-state index in [0.717, 1.165) is 12.1 Å². The Morgan fingerprint density at radius 3 is 2.40 bits per heavy atom. The summed E-state index contributed by atoms with van der Waals surface area (Å²) in [4.78, 5) is 4.37. The first-order chi connectivity index (χ1) is 9.34. The average Bonchev–Trinajstić information content (AvgIpc) is 3.13. The Morgan fingerprint density at radius 2 is 1.90 bits per heavy atom. The van der Waals surface area contributed by atoms with Crippen LogP contribution in [0.3, 0.4) is 0 Å². The first kappa shape index (κ1) is 13.6. The van der Waals surface area contributed by atoms with Crippen molar-refractivity contribution < 1.29 is 9.31 Å². The van der Waals surface area contributed by atoms with Gasteiger partial charge in [0.05, 0.1) is 16.8 Å². The number of hydrogen-bond donors (Lipinski definition) is 0. The van der Waals surface area contributed by atoms with Crippen LogP contribution in [0.5, 0.6) is 0 Å². The van der Waals surface area contributed by atoms with Crippen LogP contribution in [-0.2, 0) is 9.31 Å². The van der Waals surface area contributed by atoms with Crippen LogP contribution in [0.4, 0.5) is 0 Å². The summed E-state index contributed by atoms with van der Waals surface area (Å²) in [5.74, 6) is 0.758. The van der Waals surface area contributed by atoms with Crippen molar-refractivity contribution in [2.75, 3.05) is 0 Å². The normalized spacial score (nSPS) is 30.1. The maximum atomic E-state index is 8.79. The smallest absolute Gasteiger partial charge is 0.403 e. The van der Waals surface area contributed by atoms with Crippen LogP contribution < -0.4 is 0 Å². The maximum Gasteiger partial charge on any atom is 0.461 e. The van der Waals surface area contributed by atoms with Crippen LogP contribution in [0.25, 0.3) is 0 Å². The van der Waals surface area contributed by atoms with E-state index in [1.54, 1.807) is 6.20 Å². The molecule has 0 bridgehead atoms. The topological polar surface area (TPSA) is 55.1 Å². The predicted molar refractivity (Wildman–Crippen MR) is 76.1 cm³/mol. The van der Waals surface area contributed by atoms with Crippen LogP contribution in [-0.4, -0.2) is 23.3 Å². The van der Waals surface area contributed by atoms with E-state index in [4.69, 9.17) is 14.6 Å². The summed E-state index contributed by atoms with van der Waals surface area (Å²) in [6, 6.07) is 5.85. The second kappa shape index (κ2) is 4.31. The molecule has 104 valence electrons. The van der Waals surface area contributed by atoms with E-state index in [-0.39, 0.29) is 18.3 Å². The van der Waals surface area contributed by atoms with E-state index in [1.165, 1.54) is 0 Å². The van der Waals surface area contributed by atoms with Gasteiger partial charge in [-0.1, -0.05) is 0 Å². The molecule has 1 aromatic rings. The summed E-state index contributed by atoms with van der Waals surface area (Å²) in [5.41, 5.74) is 1.08. The minimum Gasteiger partial charge on any atom is -0.403 e. The van der Waals surface area contributed by atoms with Gasteiger partial charge in [0.25, 0.3) is 0 Å². The molecule has 1 aromatic heterocycles. The lowest BCUT2D eigenvalue weighted by molar-refractivity contribution is 0.00578. The van der Waals surface area contributed by atoms with E-state index in [9.17, 15) is 0 Å². The van der Waals surface area contributed by atoms with Crippen molar-refractivity contribution >= 4 is 7.12 Å². The highest BCUT2D eigenvalue weighted by atomic mass is 16.7. The van der Waals surface area contributed by atoms with E-state index < -0.39 is 0 Å². The third-order valence-electron chi connectivity index (χ3n) is 4.76. The number of aromatic nitrogens is 1. The van der Waals surface area contributed by atoms with Gasteiger partial charge in [-0.2, -0.15) is 5.26 Å². The molecule has 3 rings (SSSR count). The quantitative estimate of drug-likeness (QED) is 0.775. The molecule has 1 saturated heterocycles. The van der Waals surface area contributed by atoms with Gasteiger partial charge < -0.3 is 9.31 Å². The highest BCUT2D eigenvalue weighted by Crippen LogP contribution is 2.57. The summed E-state index contributed by atoms with van der Waals surface area (Å²) < 4.78 is 12.2. The van der Waals surface area contributed by atoms with Crippen LogP contribution >= 0.6 is 0 Å². The molecule has 20 heavy (non-hydrogen) atoms. The largest absolute Gasteiger partial charge is 0.461 e. The molecule has 0 aromatic carbocycles. The van der Waals surface area contributed by atoms with Crippen molar-refractivity contribution in [2.45, 2.75) is 57.1 Å². The van der Waals surface area contributed by atoms with Crippen LogP contribution in [0.1, 0.15) is 51.3 Å². The SMILES string of the molecule is CC1(C)OB(C2CC2c2ccc(C#N)cn2)OC1(C)C. The Morgan fingerprint density at radius 1 is 1.25 bits per heavy atom. The van der Waals surface area contributed by atoms with Gasteiger partial charge in [0, 0.05) is 23.6 Å². The summed E-state index contributed by atoms with van der Waals surface area (Å²) in [6.45, 7) is 8.30. The van der Waals surface area contributed by atoms with Crippen molar-refractivity contribution in [1.29, 1.82) is 5.26 Å². The van der Waals surface area contributed by atoms with Gasteiger partial charge in [0.1, 0.15) is 6.07 Å².